The summed E-state index contributed by atoms with van der Waals surface area (Å²) in [6.45, 7) is 7.59. The first-order valence-corrected chi connectivity index (χ1v) is 8.16. The molecule has 0 saturated carbocycles. The van der Waals surface area contributed by atoms with Crippen molar-refractivity contribution < 1.29 is 9.53 Å². The van der Waals surface area contributed by atoms with E-state index < -0.39 is 0 Å². The summed E-state index contributed by atoms with van der Waals surface area (Å²) < 4.78 is 9.50. The van der Waals surface area contributed by atoms with Crippen molar-refractivity contribution >= 4 is 28.3 Å². The fourth-order valence-corrected chi connectivity index (χ4v) is 3.30. The molecule has 0 radical (unpaired) electrons. The number of carbonyl (C=O) groups is 1. The number of ether oxygens (including phenoxy) is 1. The van der Waals surface area contributed by atoms with Crippen molar-refractivity contribution in [3.8, 4) is 0 Å². The molecule has 1 fully saturated rings. The highest BCUT2D eigenvalue weighted by Crippen LogP contribution is 2.30. The zero-order chi connectivity index (χ0) is 15.4. The summed E-state index contributed by atoms with van der Waals surface area (Å²) in [7, 11) is 0. The number of amides is 1. The van der Waals surface area contributed by atoms with Gasteiger partial charge in [-0.3, -0.25) is 4.79 Å². The lowest BCUT2D eigenvalue weighted by Crippen LogP contribution is -2.33. The highest BCUT2D eigenvalue weighted by Gasteiger charge is 2.25. The summed E-state index contributed by atoms with van der Waals surface area (Å²) >= 11 is 1.25. The first-order chi connectivity index (χ1) is 9.99. The third kappa shape index (κ3) is 4.07. The maximum atomic E-state index is 12.2. The Balaban J connectivity index is 2.07. The van der Waals surface area contributed by atoms with E-state index in [1.165, 1.54) is 11.5 Å². The van der Waals surface area contributed by atoms with Crippen LogP contribution in [-0.4, -0.2) is 35.6 Å². The van der Waals surface area contributed by atoms with E-state index in [9.17, 15) is 4.79 Å². The quantitative estimate of drug-likeness (QED) is 0.774. The lowest BCUT2D eigenvalue weighted by atomic mass is 9.93. The highest BCUT2D eigenvalue weighted by atomic mass is 32.1. The molecule has 1 atom stereocenters. The van der Waals surface area contributed by atoms with E-state index in [0.29, 0.717) is 17.3 Å². The summed E-state index contributed by atoms with van der Waals surface area (Å²) in [5.74, 6) is 0.667. The van der Waals surface area contributed by atoms with Crippen molar-refractivity contribution in [2.45, 2.75) is 45.7 Å². The monoisotopic (exact) mass is 312 g/mol. The summed E-state index contributed by atoms with van der Waals surface area (Å²) in [4.78, 5) is 12.2. The van der Waals surface area contributed by atoms with E-state index in [1.807, 2.05) is 13.8 Å². The average molecular weight is 312 g/mol. The van der Waals surface area contributed by atoms with Crippen LogP contribution in [0.3, 0.4) is 0 Å². The number of aromatic nitrogens is 1. The second kappa shape index (κ2) is 7.09. The molecule has 1 aromatic rings. The van der Waals surface area contributed by atoms with Gasteiger partial charge in [0.15, 0.2) is 5.82 Å². The molecule has 0 bridgehead atoms. The molecule has 0 aliphatic carbocycles. The van der Waals surface area contributed by atoms with Gasteiger partial charge in [0, 0.05) is 25.3 Å². The summed E-state index contributed by atoms with van der Waals surface area (Å²) in [6.07, 6.45) is 2.08. The Labute approximate surface area is 129 Å². The van der Waals surface area contributed by atoms with Gasteiger partial charge in [0.1, 0.15) is 10.6 Å². The second-order valence-electron chi connectivity index (χ2n) is 5.78. The smallest absolute Gasteiger partial charge is 0.258 e. The van der Waals surface area contributed by atoms with Crippen LogP contribution in [0.5, 0.6) is 0 Å². The van der Waals surface area contributed by atoms with Gasteiger partial charge >= 0.3 is 0 Å². The molecule has 2 heterocycles. The molecule has 4 N–H and O–H groups in total. The molecule has 1 amide bonds. The van der Waals surface area contributed by atoms with Crippen molar-refractivity contribution in [3.63, 3.8) is 0 Å². The Kier molecular flexibility index (Phi) is 5.41. The molecular weight excluding hydrogens is 288 g/mol. The molecule has 1 aliphatic rings. The number of nitrogens with two attached hydrogens (primary N) is 1. The van der Waals surface area contributed by atoms with E-state index in [4.69, 9.17) is 10.5 Å². The zero-order valence-corrected chi connectivity index (χ0v) is 13.6. The van der Waals surface area contributed by atoms with Gasteiger partial charge in [0.05, 0.1) is 0 Å². The average Bonchev–Trinajstić information content (AvgIpc) is 2.80. The third-order valence-electron chi connectivity index (χ3n) is 3.70. The van der Waals surface area contributed by atoms with Crippen LogP contribution >= 0.6 is 11.5 Å². The Hall–Kier alpha value is -1.34. The molecule has 2 rings (SSSR count). The van der Waals surface area contributed by atoms with Crippen molar-refractivity contribution in [2.24, 2.45) is 5.92 Å². The Morgan fingerprint density at radius 2 is 2.05 bits per heavy atom. The zero-order valence-electron chi connectivity index (χ0n) is 12.8. The number of rotatable bonds is 5. The molecule has 1 saturated heterocycles. The Morgan fingerprint density at radius 3 is 2.67 bits per heavy atom. The largest absolute Gasteiger partial charge is 0.382 e. The van der Waals surface area contributed by atoms with Gasteiger partial charge in [-0.15, -0.1) is 0 Å². The van der Waals surface area contributed by atoms with Gasteiger partial charge in [0.2, 0.25) is 0 Å². The van der Waals surface area contributed by atoms with E-state index in [2.05, 4.69) is 21.9 Å². The van der Waals surface area contributed by atoms with Crippen LogP contribution in [0.15, 0.2) is 0 Å². The first-order valence-electron chi connectivity index (χ1n) is 7.39. The van der Waals surface area contributed by atoms with Gasteiger partial charge < -0.3 is 21.1 Å². The number of hydrogen-bond donors (Lipinski definition) is 3. The normalized spacial score (nSPS) is 17.7. The Bertz CT molecular complexity index is 483. The fourth-order valence-electron chi connectivity index (χ4n) is 2.50. The molecule has 1 aromatic heterocycles. The summed E-state index contributed by atoms with van der Waals surface area (Å²) in [5, 5.41) is 7.04. The van der Waals surface area contributed by atoms with Gasteiger partial charge in [0.25, 0.3) is 5.91 Å². The van der Waals surface area contributed by atoms with Crippen molar-refractivity contribution in [1.82, 2.24) is 9.69 Å². The van der Waals surface area contributed by atoms with Gasteiger partial charge in [-0.05, 0) is 51.1 Å². The number of nitrogen functional groups attached to an aromatic ring is 1. The van der Waals surface area contributed by atoms with E-state index in [1.54, 1.807) is 0 Å². The van der Waals surface area contributed by atoms with Crippen LogP contribution in [0.4, 0.5) is 10.8 Å². The first kappa shape index (κ1) is 16.0. The molecule has 21 heavy (non-hydrogen) atoms. The highest BCUT2D eigenvalue weighted by molar-refractivity contribution is 7.11. The van der Waals surface area contributed by atoms with Gasteiger partial charge in [-0.2, -0.15) is 4.37 Å². The van der Waals surface area contributed by atoms with Crippen LogP contribution in [-0.2, 0) is 4.74 Å². The van der Waals surface area contributed by atoms with E-state index in [-0.39, 0.29) is 18.0 Å². The summed E-state index contributed by atoms with van der Waals surface area (Å²) in [6, 6.07) is 0.330. The van der Waals surface area contributed by atoms with Gasteiger partial charge in [-0.1, -0.05) is 0 Å². The standard InChI is InChI=1S/C14H24N4O2S/c1-8(2)16-13(19)11-12(15)18-21-14(11)17-9(3)10-4-6-20-7-5-10/h8-10,17H,4-7H2,1-3H3,(H2,15,18)(H,16,19). The van der Waals surface area contributed by atoms with Crippen LogP contribution in [0.2, 0.25) is 0 Å². The molecule has 0 aromatic carbocycles. The number of nitrogens with one attached hydrogen (secondary N) is 2. The molecule has 7 heteroatoms. The SMILES string of the molecule is CC(C)NC(=O)c1c(N)nsc1NC(C)C1CCOCC1. The fraction of sp³-hybridized carbons (Fsp3) is 0.714. The van der Waals surface area contributed by atoms with E-state index >= 15 is 0 Å². The predicted octanol–water partition coefficient (Wildman–Crippen LogP) is 2.09. The van der Waals surface area contributed by atoms with Crippen LogP contribution < -0.4 is 16.4 Å². The topological polar surface area (TPSA) is 89.3 Å². The maximum Gasteiger partial charge on any atom is 0.258 e. The van der Waals surface area contributed by atoms with Crippen molar-refractivity contribution in [3.05, 3.63) is 5.56 Å². The number of hydrogen-bond acceptors (Lipinski definition) is 6. The molecule has 6 nitrogen and oxygen atoms in total. The van der Waals surface area contributed by atoms with Crippen LogP contribution in [0, 0.1) is 5.92 Å². The predicted molar refractivity (Wildman–Crippen MR) is 85.8 cm³/mol. The number of nitrogens with zero attached hydrogens (tertiary/aromatic N) is 1. The third-order valence-corrected chi connectivity index (χ3v) is 4.49. The molecule has 1 aliphatic heterocycles. The second-order valence-corrected chi connectivity index (χ2v) is 6.56. The van der Waals surface area contributed by atoms with Crippen LogP contribution in [0.25, 0.3) is 0 Å². The maximum absolute atomic E-state index is 12.2. The molecule has 0 spiro atoms. The van der Waals surface area contributed by atoms with E-state index in [0.717, 1.165) is 31.1 Å². The molecular formula is C14H24N4O2S. The van der Waals surface area contributed by atoms with Gasteiger partial charge in [-0.25, -0.2) is 0 Å². The lowest BCUT2D eigenvalue weighted by Gasteiger charge is -2.28. The summed E-state index contributed by atoms with van der Waals surface area (Å²) in [5.41, 5.74) is 6.32. The number of carbonyl (C=O) groups excluding carboxylic acids is 1. The van der Waals surface area contributed by atoms with Crippen molar-refractivity contribution in [2.75, 3.05) is 24.3 Å². The molecule has 118 valence electrons. The lowest BCUT2D eigenvalue weighted by molar-refractivity contribution is 0.0622. The number of anilines is 2. The van der Waals surface area contributed by atoms with Crippen molar-refractivity contribution in [1.29, 1.82) is 0 Å². The molecule has 1 unspecified atom stereocenters. The minimum Gasteiger partial charge on any atom is -0.382 e. The minimum absolute atomic E-state index is 0.0672. The van der Waals surface area contributed by atoms with Crippen LogP contribution in [0.1, 0.15) is 44.0 Å². The Morgan fingerprint density at radius 1 is 1.38 bits per heavy atom. The minimum atomic E-state index is -0.169.